The molecule has 3 aromatic rings. The average molecular weight is 306 g/mol. The Morgan fingerprint density at radius 3 is 2.67 bits per heavy atom. The zero-order valence-electron chi connectivity index (χ0n) is 10.9. The van der Waals surface area contributed by atoms with Gasteiger partial charge in [-0.05, 0) is 37.3 Å². The number of pyridine rings is 1. The molecule has 0 amide bonds. The van der Waals surface area contributed by atoms with Crippen molar-refractivity contribution in [3.05, 3.63) is 63.7 Å². The van der Waals surface area contributed by atoms with Crippen molar-refractivity contribution in [3.8, 4) is 5.75 Å². The van der Waals surface area contributed by atoms with Gasteiger partial charge in [-0.3, -0.25) is 4.79 Å². The summed E-state index contributed by atoms with van der Waals surface area (Å²) in [6.07, 6.45) is 1.42. The van der Waals surface area contributed by atoms with Crippen LogP contribution in [0, 0.1) is 12.7 Å². The van der Waals surface area contributed by atoms with Crippen LogP contribution in [-0.2, 0) is 0 Å². The van der Waals surface area contributed by atoms with Crippen molar-refractivity contribution in [2.24, 2.45) is 0 Å². The van der Waals surface area contributed by atoms with Gasteiger partial charge < -0.3 is 4.84 Å². The number of benzene rings is 1. The van der Waals surface area contributed by atoms with Crippen LogP contribution in [0.15, 0.2) is 41.3 Å². The molecule has 0 saturated heterocycles. The molecule has 0 aliphatic carbocycles. The van der Waals surface area contributed by atoms with E-state index >= 15 is 0 Å². The summed E-state index contributed by atoms with van der Waals surface area (Å²) in [6, 6.07) is 6.84. The van der Waals surface area contributed by atoms with E-state index in [1.165, 1.54) is 36.5 Å². The second-order valence-corrected chi connectivity index (χ2v) is 4.66. The summed E-state index contributed by atoms with van der Waals surface area (Å²) in [5.74, 6) is 0.246. The molecule has 2 heterocycles. The third-order valence-electron chi connectivity index (χ3n) is 2.87. The fraction of sp³-hybridized carbons (Fsp3) is 0.0714. The Labute approximate surface area is 123 Å². The first-order chi connectivity index (χ1) is 10.1. The molecule has 106 valence electrons. The minimum absolute atomic E-state index is 0.154. The van der Waals surface area contributed by atoms with E-state index in [2.05, 4.69) is 9.97 Å². The summed E-state index contributed by atoms with van der Waals surface area (Å²) in [5.41, 5.74) is -0.0910. The normalized spacial score (nSPS) is 10.8. The SMILES string of the molecule is Cc1nc2c(Cl)nccc2c(=O)n1Oc1ccc(F)cc1. The fourth-order valence-corrected chi connectivity index (χ4v) is 2.08. The minimum atomic E-state index is -0.411. The maximum absolute atomic E-state index is 12.9. The van der Waals surface area contributed by atoms with Gasteiger partial charge in [-0.15, -0.1) is 4.73 Å². The van der Waals surface area contributed by atoms with Crippen LogP contribution in [0.4, 0.5) is 4.39 Å². The molecule has 3 rings (SSSR count). The third kappa shape index (κ3) is 2.45. The Morgan fingerprint density at radius 1 is 1.24 bits per heavy atom. The van der Waals surface area contributed by atoms with Crippen molar-refractivity contribution in [1.82, 2.24) is 14.7 Å². The van der Waals surface area contributed by atoms with Crippen LogP contribution in [0.2, 0.25) is 5.15 Å². The summed E-state index contributed by atoms with van der Waals surface area (Å²) >= 11 is 5.93. The molecule has 0 fully saturated rings. The number of nitrogens with zero attached hydrogens (tertiary/aromatic N) is 3. The zero-order valence-corrected chi connectivity index (χ0v) is 11.6. The van der Waals surface area contributed by atoms with Crippen molar-refractivity contribution in [2.75, 3.05) is 0 Å². The number of rotatable bonds is 2. The molecule has 0 N–H and O–H groups in total. The number of fused-ring (bicyclic) bond motifs is 1. The van der Waals surface area contributed by atoms with Crippen molar-refractivity contribution in [2.45, 2.75) is 6.92 Å². The van der Waals surface area contributed by atoms with Crippen LogP contribution in [-0.4, -0.2) is 14.7 Å². The van der Waals surface area contributed by atoms with Crippen LogP contribution in [0.25, 0.3) is 10.9 Å². The largest absolute Gasteiger partial charge is 0.370 e. The van der Waals surface area contributed by atoms with Crippen LogP contribution in [0.3, 0.4) is 0 Å². The van der Waals surface area contributed by atoms with Gasteiger partial charge in [-0.2, -0.15) is 0 Å². The highest BCUT2D eigenvalue weighted by Gasteiger charge is 2.12. The van der Waals surface area contributed by atoms with Crippen molar-refractivity contribution < 1.29 is 9.23 Å². The van der Waals surface area contributed by atoms with Gasteiger partial charge in [0.2, 0.25) is 0 Å². The first-order valence-electron chi connectivity index (χ1n) is 6.04. The Morgan fingerprint density at radius 2 is 1.95 bits per heavy atom. The molecule has 0 radical (unpaired) electrons. The molecule has 21 heavy (non-hydrogen) atoms. The third-order valence-corrected chi connectivity index (χ3v) is 3.15. The van der Waals surface area contributed by atoms with E-state index in [1.807, 2.05) is 0 Å². The fourth-order valence-electron chi connectivity index (χ4n) is 1.88. The molecule has 0 bridgehead atoms. The standard InChI is InChI=1S/C14H9ClFN3O2/c1-8-18-12-11(6-7-17-13(12)15)14(20)19(8)21-10-4-2-9(16)3-5-10/h2-7H,1H3. The second-order valence-electron chi connectivity index (χ2n) is 4.30. The van der Waals surface area contributed by atoms with E-state index in [-0.39, 0.29) is 11.0 Å². The second kappa shape index (κ2) is 5.14. The Hall–Kier alpha value is -2.47. The van der Waals surface area contributed by atoms with Crippen LogP contribution in [0.5, 0.6) is 5.75 Å². The lowest BCUT2D eigenvalue weighted by atomic mass is 10.3. The van der Waals surface area contributed by atoms with Crippen LogP contribution < -0.4 is 10.4 Å². The number of halogens is 2. The number of aromatic nitrogens is 3. The van der Waals surface area contributed by atoms with Crippen LogP contribution >= 0.6 is 11.6 Å². The van der Waals surface area contributed by atoms with Gasteiger partial charge in [0.15, 0.2) is 10.9 Å². The monoisotopic (exact) mass is 305 g/mol. The number of hydrogen-bond acceptors (Lipinski definition) is 4. The Kier molecular flexibility index (Phi) is 3.31. The lowest BCUT2D eigenvalue weighted by Gasteiger charge is -2.11. The summed E-state index contributed by atoms with van der Waals surface area (Å²) in [5, 5.41) is 0.448. The number of aryl methyl sites for hydroxylation is 1. The summed E-state index contributed by atoms with van der Waals surface area (Å²) in [7, 11) is 0. The molecule has 0 unspecified atom stereocenters. The zero-order chi connectivity index (χ0) is 15.0. The van der Waals surface area contributed by atoms with Crippen molar-refractivity contribution in [3.63, 3.8) is 0 Å². The van der Waals surface area contributed by atoms with Gasteiger partial charge in [0.1, 0.15) is 17.2 Å². The van der Waals surface area contributed by atoms with Crippen molar-refractivity contribution in [1.29, 1.82) is 0 Å². The van der Waals surface area contributed by atoms with Crippen molar-refractivity contribution >= 4 is 22.5 Å². The molecular weight excluding hydrogens is 297 g/mol. The summed E-state index contributed by atoms with van der Waals surface area (Å²) < 4.78 is 13.9. The topological polar surface area (TPSA) is 57.0 Å². The minimum Gasteiger partial charge on any atom is -0.370 e. The highest BCUT2D eigenvalue weighted by Crippen LogP contribution is 2.17. The first kappa shape index (κ1) is 13.5. The summed E-state index contributed by atoms with van der Waals surface area (Å²) in [6.45, 7) is 1.60. The lowest BCUT2D eigenvalue weighted by molar-refractivity contribution is 0.195. The first-order valence-corrected chi connectivity index (χ1v) is 6.42. The van der Waals surface area contributed by atoms with Gasteiger partial charge in [-0.25, -0.2) is 14.4 Å². The van der Waals surface area contributed by atoms with Gasteiger partial charge in [0, 0.05) is 6.20 Å². The molecule has 7 heteroatoms. The Bertz CT molecular complexity index is 878. The maximum atomic E-state index is 12.9. The molecule has 1 aromatic carbocycles. The predicted molar refractivity (Wildman–Crippen MR) is 76.0 cm³/mol. The quantitative estimate of drug-likeness (QED) is 0.683. The van der Waals surface area contributed by atoms with E-state index in [4.69, 9.17) is 16.4 Å². The molecule has 2 aromatic heterocycles. The highest BCUT2D eigenvalue weighted by atomic mass is 35.5. The molecule has 0 atom stereocenters. The van der Waals surface area contributed by atoms with Gasteiger partial charge in [0.25, 0.3) is 5.56 Å². The molecule has 5 nitrogen and oxygen atoms in total. The number of hydrogen-bond donors (Lipinski definition) is 0. The van der Waals surface area contributed by atoms with Gasteiger partial charge in [-0.1, -0.05) is 11.6 Å². The summed E-state index contributed by atoms with van der Waals surface area (Å²) in [4.78, 5) is 26.0. The molecule has 0 saturated carbocycles. The molecule has 0 spiro atoms. The average Bonchev–Trinajstić information content (AvgIpc) is 2.47. The molecule has 0 aliphatic heterocycles. The van der Waals surface area contributed by atoms with E-state index < -0.39 is 5.56 Å². The van der Waals surface area contributed by atoms with Crippen LogP contribution in [0.1, 0.15) is 5.82 Å². The smallest absolute Gasteiger partial charge is 0.294 e. The van der Waals surface area contributed by atoms with E-state index in [0.717, 1.165) is 4.73 Å². The van der Waals surface area contributed by atoms with E-state index in [9.17, 15) is 9.18 Å². The van der Waals surface area contributed by atoms with E-state index in [0.29, 0.717) is 22.5 Å². The molecule has 0 aliphatic rings. The van der Waals surface area contributed by atoms with Gasteiger partial charge in [0.05, 0.1) is 5.39 Å². The molecular formula is C14H9ClFN3O2. The predicted octanol–water partition coefficient (Wildman–Crippen LogP) is 2.73. The van der Waals surface area contributed by atoms with Gasteiger partial charge >= 0.3 is 0 Å². The highest BCUT2D eigenvalue weighted by molar-refractivity contribution is 6.33. The van der Waals surface area contributed by atoms with E-state index in [1.54, 1.807) is 6.92 Å². The Balaban J connectivity index is 2.15. The maximum Gasteiger partial charge on any atom is 0.294 e. The lowest BCUT2D eigenvalue weighted by Crippen LogP contribution is -2.27.